The van der Waals surface area contributed by atoms with Crippen molar-refractivity contribution in [2.24, 2.45) is 5.73 Å². The smallest absolute Gasteiger partial charge is 0.262 e. The molecule has 2 rings (SSSR count). The maximum Gasteiger partial charge on any atom is 0.262 e. The number of carbonyl (C=O) groups excluding carboxylic acids is 1. The molecule has 0 atom stereocenters. The monoisotopic (exact) mass is 425 g/mol. The van der Waals surface area contributed by atoms with Crippen molar-refractivity contribution in [3.8, 4) is 0 Å². The molecule has 1 amide bonds. The summed E-state index contributed by atoms with van der Waals surface area (Å²) in [5.41, 5.74) is 9.34. The molecule has 28 heavy (non-hydrogen) atoms. The number of nitrogens with one attached hydrogen (secondary N) is 2. The van der Waals surface area contributed by atoms with Gasteiger partial charge in [0, 0.05) is 12.1 Å². The van der Waals surface area contributed by atoms with Gasteiger partial charge in [-0.2, -0.15) is 0 Å². The summed E-state index contributed by atoms with van der Waals surface area (Å²) in [6, 6.07) is 8.65. The van der Waals surface area contributed by atoms with Crippen LogP contribution in [-0.4, -0.2) is 27.4 Å². The highest BCUT2D eigenvalue weighted by molar-refractivity contribution is 7.92. The van der Waals surface area contributed by atoms with Crippen molar-refractivity contribution in [1.29, 1.82) is 0 Å². The standard InChI is InChI=1S/C20H27N3O3S.ClH/c1-13-10-15(3)19(16(4)11-13)27(25,26)23-18-12-17(7-6-14(18)2)20(24)22-9-5-8-21;/h6-7,10-12,23H,5,8-9,21H2,1-4H3,(H,22,24);1H. The molecule has 0 saturated heterocycles. The minimum Gasteiger partial charge on any atom is -0.352 e. The summed E-state index contributed by atoms with van der Waals surface area (Å²) in [6.07, 6.45) is 0.684. The number of aryl methyl sites for hydroxylation is 4. The van der Waals surface area contributed by atoms with Gasteiger partial charge in [-0.25, -0.2) is 8.42 Å². The zero-order valence-corrected chi connectivity index (χ0v) is 18.3. The molecule has 154 valence electrons. The highest BCUT2D eigenvalue weighted by atomic mass is 35.5. The number of rotatable bonds is 7. The number of benzene rings is 2. The Bertz CT molecular complexity index is 936. The van der Waals surface area contributed by atoms with Crippen LogP contribution >= 0.6 is 12.4 Å². The molecule has 0 aliphatic heterocycles. The van der Waals surface area contributed by atoms with Crippen LogP contribution in [0.25, 0.3) is 0 Å². The quantitative estimate of drug-likeness (QED) is 0.592. The van der Waals surface area contributed by atoms with E-state index in [0.717, 1.165) is 11.1 Å². The topological polar surface area (TPSA) is 101 Å². The van der Waals surface area contributed by atoms with Crippen LogP contribution in [0.2, 0.25) is 0 Å². The lowest BCUT2D eigenvalue weighted by molar-refractivity contribution is 0.0953. The Kier molecular flexibility index (Phi) is 8.48. The van der Waals surface area contributed by atoms with Crippen LogP contribution in [0.15, 0.2) is 35.2 Å². The largest absolute Gasteiger partial charge is 0.352 e. The molecule has 0 unspecified atom stereocenters. The Labute approximate surface area is 173 Å². The highest BCUT2D eigenvalue weighted by Crippen LogP contribution is 2.26. The first-order chi connectivity index (χ1) is 12.7. The average molecular weight is 426 g/mol. The Morgan fingerprint density at radius 1 is 1.00 bits per heavy atom. The van der Waals surface area contributed by atoms with Crippen molar-refractivity contribution in [3.05, 3.63) is 58.1 Å². The van der Waals surface area contributed by atoms with Gasteiger partial charge in [0.1, 0.15) is 0 Å². The lowest BCUT2D eigenvalue weighted by Gasteiger charge is -2.16. The van der Waals surface area contributed by atoms with E-state index in [1.807, 2.05) is 19.1 Å². The molecule has 0 fully saturated rings. The molecule has 4 N–H and O–H groups in total. The van der Waals surface area contributed by atoms with Crippen LogP contribution in [0, 0.1) is 27.7 Å². The fraction of sp³-hybridized carbons (Fsp3) is 0.350. The number of amides is 1. The third-order valence-electron chi connectivity index (χ3n) is 4.28. The van der Waals surface area contributed by atoms with Crippen molar-refractivity contribution in [2.75, 3.05) is 17.8 Å². The molecule has 6 nitrogen and oxygen atoms in total. The molecule has 0 bridgehead atoms. The summed E-state index contributed by atoms with van der Waals surface area (Å²) in [5.74, 6) is -0.258. The van der Waals surface area contributed by atoms with Gasteiger partial charge in [0.2, 0.25) is 0 Å². The van der Waals surface area contributed by atoms with Crippen molar-refractivity contribution in [2.45, 2.75) is 39.0 Å². The second-order valence-electron chi connectivity index (χ2n) is 6.76. The number of hydrogen-bond donors (Lipinski definition) is 3. The molecular weight excluding hydrogens is 398 g/mol. The molecule has 0 saturated carbocycles. The lowest BCUT2D eigenvalue weighted by Crippen LogP contribution is -2.26. The maximum absolute atomic E-state index is 13.0. The van der Waals surface area contributed by atoms with Gasteiger partial charge < -0.3 is 11.1 Å². The van der Waals surface area contributed by atoms with Crippen molar-refractivity contribution >= 4 is 34.0 Å². The van der Waals surface area contributed by atoms with Gasteiger partial charge in [-0.3, -0.25) is 9.52 Å². The Balaban J connectivity index is 0.00000392. The summed E-state index contributed by atoms with van der Waals surface area (Å²) in [7, 11) is -3.78. The van der Waals surface area contributed by atoms with Gasteiger partial charge >= 0.3 is 0 Å². The molecule has 2 aromatic carbocycles. The highest BCUT2D eigenvalue weighted by Gasteiger charge is 2.21. The number of halogens is 1. The first-order valence-corrected chi connectivity index (χ1v) is 10.3. The average Bonchev–Trinajstić information content (AvgIpc) is 2.55. The van der Waals surface area contributed by atoms with Crippen molar-refractivity contribution in [1.82, 2.24) is 5.32 Å². The van der Waals surface area contributed by atoms with Crippen molar-refractivity contribution in [3.63, 3.8) is 0 Å². The number of carbonyl (C=O) groups is 1. The van der Waals surface area contributed by atoms with E-state index in [-0.39, 0.29) is 23.2 Å². The third kappa shape index (κ3) is 5.70. The molecule has 0 heterocycles. The zero-order chi connectivity index (χ0) is 20.2. The predicted molar refractivity (Wildman–Crippen MR) is 116 cm³/mol. The predicted octanol–water partition coefficient (Wildman–Crippen LogP) is 3.22. The third-order valence-corrected chi connectivity index (χ3v) is 5.95. The van der Waals surface area contributed by atoms with E-state index in [2.05, 4.69) is 10.0 Å². The van der Waals surface area contributed by atoms with E-state index in [1.54, 1.807) is 39.0 Å². The Morgan fingerprint density at radius 3 is 2.18 bits per heavy atom. The van der Waals surface area contributed by atoms with Gasteiger partial charge in [0.25, 0.3) is 15.9 Å². The first kappa shape index (κ1) is 23.9. The normalized spacial score (nSPS) is 10.9. The molecule has 0 aliphatic rings. The number of nitrogens with two attached hydrogens (primary N) is 1. The van der Waals surface area contributed by atoms with E-state index >= 15 is 0 Å². The van der Waals surface area contributed by atoms with E-state index < -0.39 is 10.0 Å². The summed E-state index contributed by atoms with van der Waals surface area (Å²) < 4.78 is 28.6. The second-order valence-corrected chi connectivity index (χ2v) is 8.38. The molecule has 0 aromatic heterocycles. The van der Waals surface area contributed by atoms with Gasteiger partial charge in [0.15, 0.2) is 0 Å². The summed E-state index contributed by atoms with van der Waals surface area (Å²) in [5, 5.41) is 2.77. The van der Waals surface area contributed by atoms with E-state index in [9.17, 15) is 13.2 Å². The summed E-state index contributed by atoms with van der Waals surface area (Å²) in [4.78, 5) is 12.5. The molecule has 0 aliphatic carbocycles. The van der Waals surface area contributed by atoms with Crippen LogP contribution < -0.4 is 15.8 Å². The van der Waals surface area contributed by atoms with Crippen LogP contribution in [-0.2, 0) is 10.0 Å². The maximum atomic E-state index is 13.0. The van der Waals surface area contributed by atoms with Crippen LogP contribution in [0.3, 0.4) is 0 Å². The molecule has 0 radical (unpaired) electrons. The lowest BCUT2D eigenvalue weighted by atomic mass is 10.1. The van der Waals surface area contributed by atoms with Crippen LogP contribution in [0.4, 0.5) is 5.69 Å². The molecule has 8 heteroatoms. The van der Waals surface area contributed by atoms with E-state index in [0.29, 0.717) is 41.9 Å². The minimum absolute atomic E-state index is 0. The van der Waals surface area contributed by atoms with E-state index in [4.69, 9.17) is 5.73 Å². The van der Waals surface area contributed by atoms with Gasteiger partial charge in [-0.1, -0.05) is 23.8 Å². The first-order valence-electron chi connectivity index (χ1n) is 8.85. The minimum atomic E-state index is -3.78. The van der Waals surface area contributed by atoms with E-state index in [1.165, 1.54) is 0 Å². The van der Waals surface area contributed by atoms with Crippen LogP contribution in [0.5, 0.6) is 0 Å². The van der Waals surface area contributed by atoms with Crippen molar-refractivity contribution < 1.29 is 13.2 Å². The number of anilines is 1. The number of hydrogen-bond acceptors (Lipinski definition) is 4. The SMILES string of the molecule is Cc1cc(C)c(S(=O)(=O)Nc2cc(C(=O)NCCCN)ccc2C)c(C)c1.Cl. The molecular formula is C20H28ClN3O3S. The van der Waals surface area contributed by atoms with Gasteiger partial charge in [-0.05, 0) is 69.5 Å². The number of sulfonamides is 1. The molecule has 0 spiro atoms. The van der Waals surface area contributed by atoms with Gasteiger partial charge in [-0.15, -0.1) is 12.4 Å². The van der Waals surface area contributed by atoms with Crippen LogP contribution in [0.1, 0.15) is 39.0 Å². The Morgan fingerprint density at radius 2 is 1.61 bits per heavy atom. The second kappa shape index (κ2) is 9.91. The van der Waals surface area contributed by atoms with Gasteiger partial charge in [0.05, 0.1) is 10.6 Å². The summed E-state index contributed by atoms with van der Waals surface area (Å²) in [6.45, 7) is 8.26. The summed E-state index contributed by atoms with van der Waals surface area (Å²) >= 11 is 0. The fourth-order valence-corrected chi connectivity index (χ4v) is 4.64. The Hall–Kier alpha value is -2.09. The zero-order valence-electron chi connectivity index (χ0n) is 16.6. The molecule has 2 aromatic rings. The fourth-order valence-electron chi connectivity index (χ4n) is 3.07.